The summed E-state index contributed by atoms with van der Waals surface area (Å²) in [5.41, 5.74) is 1.90. The van der Waals surface area contributed by atoms with Crippen LogP contribution in [0.2, 0.25) is 0 Å². The third-order valence-corrected chi connectivity index (χ3v) is 6.96. The normalized spacial score (nSPS) is 20.1. The Hall–Kier alpha value is -2.60. The van der Waals surface area contributed by atoms with E-state index in [4.69, 9.17) is 14.5 Å². The van der Waals surface area contributed by atoms with E-state index in [2.05, 4.69) is 26.0 Å². The molecule has 5 rings (SSSR count). The molecule has 30 heavy (non-hydrogen) atoms. The molecule has 0 aliphatic carbocycles. The Morgan fingerprint density at radius 3 is 2.97 bits per heavy atom. The molecule has 6 heteroatoms. The number of benzene rings is 2. The summed E-state index contributed by atoms with van der Waals surface area (Å²) in [5, 5.41) is 1.02. The third-order valence-electron chi connectivity index (χ3n) is 5.82. The van der Waals surface area contributed by atoms with E-state index in [-0.39, 0.29) is 24.2 Å². The smallest absolute Gasteiger partial charge is 0.261 e. The van der Waals surface area contributed by atoms with Gasteiger partial charge >= 0.3 is 0 Å². The van der Waals surface area contributed by atoms with Gasteiger partial charge in [0.1, 0.15) is 10.6 Å². The third kappa shape index (κ3) is 3.65. The van der Waals surface area contributed by atoms with Crippen molar-refractivity contribution < 1.29 is 14.3 Å². The summed E-state index contributed by atoms with van der Waals surface area (Å²) in [6, 6.07) is 14.1. The molecule has 0 radical (unpaired) electrons. The summed E-state index contributed by atoms with van der Waals surface area (Å²) < 4.78 is 13.2. The Kier molecular flexibility index (Phi) is 4.89. The number of aromatic nitrogens is 1. The van der Waals surface area contributed by atoms with Crippen molar-refractivity contribution in [2.24, 2.45) is 0 Å². The van der Waals surface area contributed by atoms with Gasteiger partial charge in [-0.05, 0) is 51.3 Å². The molecule has 1 aromatic heterocycles. The van der Waals surface area contributed by atoms with E-state index in [0.717, 1.165) is 54.1 Å². The van der Waals surface area contributed by atoms with Crippen molar-refractivity contribution >= 4 is 27.5 Å². The molecule has 156 valence electrons. The molecule has 0 spiro atoms. The van der Waals surface area contributed by atoms with Crippen molar-refractivity contribution in [3.05, 3.63) is 53.0 Å². The predicted molar refractivity (Wildman–Crippen MR) is 118 cm³/mol. The zero-order valence-electron chi connectivity index (χ0n) is 17.4. The van der Waals surface area contributed by atoms with Gasteiger partial charge in [0.2, 0.25) is 0 Å². The Bertz CT molecular complexity index is 1060. The van der Waals surface area contributed by atoms with Crippen molar-refractivity contribution in [2.45, 2.75) is 51.2 Å². The van der Waals surface area contributed by atoms with Crippen LogP contribution in [0.3, 0.4) is 0 Å². The van der Waals surface area contributed by atoms with Crippen molar-refractivity contribution in [2.75, 3.05) is 13.2 Å². The second kappa shape index (κ2) is 7.58. The fourth-order valence-corrected chi connectivity index (χ4v) is 5.56. The number of para-hydroxylation sites is 2. The van der Waals surface area contributed by atoms with Crippen LogP contribution in [0.25, 0.3) is 10.2 Å². The predicted octanol–water partition coefficient (Wildman–Crippen LogP) is 5.14. The number of fused-ring (bicyclic) bond motifs is 2. The number of carbonyl (C=O) groups excluding carboxylic acids is 1. The standard InChI is InChI=1S/C24H26N2O3S/c1-24(2)14-16-8-7-11-19(22(16)29-24)28-15-21(27)26-13-6-5-10-18(26)23-25-17-9-3-4-12-20(17)30-23/h3-4,7-9,11-12,18H,5-6,10,13-15H2,1-2H3/t18-/m0/s1. The SMILES string of the molecule is CC1(C)Cc2cccc(OCC(=O)N3CCCC[C@H]3c3nc4ccccc4s3)c2O1. The van der Waals surface area contributed by atoms with E-state index >= 15 is 0 Å². The number of hydrogen-bond donors (Lipinski definition) is 0. The van der Waals surface area contributed by atoms with Gasteiger partial charge in [-0.2, -0.15) is 0 Å². The zero-order chi connectivity index (χ0) is 20.7. The monoisotopic (exact) mass is 422 g/mol. The molecule has 0 bridgehead atoms. The Labute approximate surface area is 180 Å². The molecule has 1 saturated heterocycles. The number of amides is 1. The molecule has 1 fully saturated rings. The summed E-state index contributed by atoms with van der Waals surface area (Å²) in [5.74, 6) is 1.44. The number of ether oxygens (including phenoxy) is 2. The van der Waals surface area contributed by atoms with Crippen LogP contribution in [0.1, 0.15) is 49.7 Å². The molecule has 0 unspecified atom stereocenters. The van der Waals surface area contributed by atoms with Crippen molar-refractivity contribution in [1.29, 1.82) is 0 Å². The summed E-state index contributed by atoms with van der Waals surface area (Å²) in [6.45, 7) is 4.90. The van der Waals surface area contributed by atoms with Crippen LogP contribution < -0.4 is 9.47 Å². The van der Waals surface area contributed by atoms with Crippen LogP contribution in [0.5, 0.6) is 11.5 Å². The number of nitrogens with zero attached hydrogens (tertiary/aromatic N) is 2. The number of rotatable bonds is 4. The maximum Gasteiger partial charge on any atom is 0.261 e. The van der Waals surface area contributed by atoms with Gasteiger partial charge < -0.3 is 14.4 Å². The number of thiazole rings is 1. The lowest BCUT2D eigenvalue weighted by atomic mass is 10.0. The largest absolute Gasteiger partial charge is 0.483 e. The van der Waals surface area contributed by atoms with Crippen LogP contribution >= 0.6 is 11.3 Å². The molecule has 1 amide bonds. The Morgan fingerprint density at radius 1 is 1.23 bits per heavy atom. The number of likely N-dealkylation sites (tertiary alicyclic amines) is 1. The van der Waals surface area contributed by atoms with E-state index in [0.29, 0.717) is 5.75 Å². The van der Waals surface area contributed by atoms with E-state index < -0.39 is 0 Å². The molecular weight excluding hydrogens is 396 g/mol. The van der Waals surface area contributed by atoms with Crippen LogP contribution in [-0.2, 0) is 11.2 Å². The highest BCUT2D eigenvalue weighted by atomic mass is 32.1. The molecule has 2 aliphatic heterocycles. The van der Waals surface area contributed by atoms with Gasteiger partial charge in [-0.3, -0.25) is 4.79 Å². The molecule has 3 aromatic rings. The maximum absolute atomic E-state index is 13.1. The topological polar surface area (TPSA) is 51.7 Å². The van der Waals surface area contributed by atoms with Gasteiger partial charge in [-0.15, -0.1) is 11.3 Å². The summed E-state index contributed by atoms with van der Waals surface area (Å²) >= 11 is 1.69. The van der Waals surface area contributed by atoms with Gasteiger partial charge in [0.25, 0.3) is 5.91 Å². The highest BCUT2D eigenvalue weighted by Gasteiger charge is 2.33. The number of carbonyl (C=O) groups is 1. The summed E-state index contributed by atoms with van der Waals surface area (Å²) in [6.07, 6.45) is 3.92. The molecule has 5 nitrogen and oxygen atoms in total. The fourth-order valence-electron chi connectivity index (χ4n) is 4.44. The van der Waals surface area contributed by atoms with Gasteiger partial charge in [-0.25, -0.2) is 4.98 Å². The second-order valence-corrected chi connectivity index (χ2v) is 9.75. The van der Waals surface area contributed by atoms with Crippen LogP contribution in [0.4, 0.5) is 0 Å². The Balaban J connectivity index is 1.32. The highest BCUT2D eigenvalue weighted by molar-refractivity contribution is 7.18. The van der Waals surface area contributed by atoms with E-state index in [9.17, 15) is 4.79 Å². The van der Waals surface area contributed by atoms with E-state index in [1.165, 1.54) is 4.70 Å². The van der Waals surface area contributed by atoms with Gasteiger partial charge in [0, 0.05) is 18.5 Å². The highest BCUT2D eigenvalue weighted by Crippen LogP contribution is 2.42. The minimum absolute atomic E-state index is 0.00816. The van der Waals surface area contributed by atoms with Gasteiger partial charge in [0.15, 0.2) is 18.1 Å². The maximum atomic E-state index is 13.1. The first kappa shape index (κ1) is 19.4. The molecule has 0 N–H and O–H groups in total. The fraction of sp³-hybridized carbons (Fsp3) is 0.417. The average Bonchev–Trinajstić information content (AvgIpc) is 3.31. The molecule has 2 aromatic carbocycles. The van der Waals surface area contributed by atoms with Crippen molar-refractivity contribution in [3.8, 4) is 11.5 Å². The van der Waals surface area contributed by atoms with E-state index in [1.54, 1.807) is 11.3 Å². The molecule has 2 aliphatic rings. The lowest BCUT2D eigenvalue weighted by molar-refractivity contribution is -0.137. The summed E-state index contributed by atoms with van der Waals surface area (Å²) in [7, 11) is 0. The number of hydrogen-bond acceptors (Lipinski definition) is 5. The zero-order valence-corrected chi connectivity index (χ0v) is 18.2. The molecule has 0 saturated carbocycles. The van der Waals surface area contributed by atoms with Crippen LogP contribution in [0.15, 0.2) is 42.5 Å². The number of piperidine rings is 1. The van der Waals surface area contributed by atoms with Gasteiger partial charge in [-0.1, -0.05) is 24.3 Å². The van der Waals surface area contributed by atoms with Crippen LogP contribution in [0, 0.1) is 0 Å². The van der Waals surface area contributed by atoms with Crippen LogP contribution in [-0.4, -0.2) is 34.5 Å². The average molecular weight is 423 g/mol. The van der Waals surface area contributed by atoms with Crippen molar-refractivity contribution in [3.63, 3.8) is 0 Å². The lowest BCUT2D eigenvalue weighted by Crippen LogP contribution is -2.41. The lowest BCUT2D eigenvalue weighted by Gasteiger charge is -2.34. The first-order chi connectivity index (χ1) is 14.5. The first-order valence-corrected chi connectivity index (χ1v) is 11.4. The minimum atomic E-state index is -0.239. The Morgan fingerprint density at radius 2 is 2.10 bits per heavy atom. The minimum Gasteiger partial charge on any atom is -0.483 e. The molecule has 3 heterocycles. The quantitative estimate of drug-likeness (QED) is 0.584. The molecular formula is C24H26N2O3S. The van der Waals surface area contributed by atoms with Crippen molar-refractivity contribution in [1.82, 2.24) is 9.88 Å². The van der Waals surface area contributed by atoms with Gasteiger partial charge in [0.05, 0.1) is 16.3 Å². The summed E-state index contributed by atoms with van der Waals surface area (Å²) in [4.78, 5) is 19.9. The first-order valence-electron chi connectivity index (χ1n) is 10.6. The second-order valence-electron chi connectivity index (χ2n) is 8.69. The molecule has 1 atom stereocenters. The van der Waals surface area contributed by atoms with E-state index in [1.807, 2.05) is 35.2 Å².